The molecule has 0 aliphatic rings. The van der Waals surface area contributed by atoms with Crippen LogP contribution in [0, 0.1) is 6.92 Å². The van der Waals surface area contributed by atoms with E-state index in [2.05, 4.69) is 4.98 Å². The van der Waals surface area contributed by atoms with E-state index in [-0.39, 0.29) is 5.91 Å². The average molecular weight is 255 g/mol. The summed E-state index contributed by atoms with van der Waals surface area (Å²) in [5, 5.41) is 0. The first-order valence-electron chi connectivity index (χ1n) is 6.22. The second-order valence-electron chi connectivity index (χ2n) is 4.30. The van der Waals surface area contributed by atoms with Crippen LogP contribution in [-0.4, -0.2) is 17.4 Å². The van der Waals surface area contributed by atoms with Crippen LogP contribution in [0.25, 0.3) is 0 Å². The minimum Gasteiger partial charge on any atom is -0.397 e. The number of nitrogens with two attached hydrogens (primary N) is 1. The third kappa shape index (κ3) is 2.73. The molecule has 0 spiro atoms. The molecule has 0 aliphatic heterocycles. The number of anilines is 2. The number of carbonyl (C=O) groups excluding carboxylic acids is 1. The molecule has 0 aliphatic carbocycles. The highest BCUT2D eigenvalue weighted by atomic mass is 16.2. The molecule has 1 amide bonds. The summed E-state index contributed by atoms with van der Waals surface area (Å²) in [6, 6.07) is 11.0. The second kappa shape index (κ2) is 5.52. The number of nitrogen functional groups attached to an aromatic ring is 1. The van der Waals surface area contributed by atoms with Crippen LogP contribution in [0.4, 0.5) is 11.4 Å². The van der Waals surface area contributed by atoms with Crippen molar-refractivity contribution in [1.82, 2.24) is 4.98 Å². The van der Waals surface area contributed by atoms with Crippen LogP contribution in [-0.2, 0) is 0 Å². The number of aromatic nitrogens is 1. The fourth-order valence-electron chi connectivity index (χ4n) is 1.91. The van der Waals surface area contributed by atoms with Crippen molar-refractivity contribution in [3.05, 3.63) is 53.9 Å². The van der Waals surface area contributed by atoms with E-state index in [1.807, 2.05) is 38.1 Å². The largest absolute Gasteiger partial charge is 0.397 e. The summed E-state index contributed by atoms with van der Waals surface area (Å²) in [6.45, 7) is 4.37. The fraction of sp³-hybridized carbons (Fsp3) is 0.200. The number of pyridine rings is 1. The van der Waals surface area contributed by atoms with Gasteiger partial charge >= 0.3 is 0 Å². The van der Waals surface area contributed by atoms with Crippen molar-refractivity contribution in [2.24, 2.45) is 0 Å². The smallest absolute Gasteiger partial charge is 0.259 e. The van der Waals surface area contributed by atoms with Crippen LogP contribution in [0.1, 0.15) is 23.0 Å². The van der Waals surface area contributed by atoms with Gasteiger partial charge in [-0.3, -0.25) is 9.78 Å². The van der Waals surface area contributed by atoms with Crippen molar-refractivity contribution in [2.45, 2.75) is 13.8 Å². The first-order valence-corrected chi connectivity index (χ1v) is 6.22. The Morgan fingerprint density at radius 3 is 2.58 bits per heavy atom. The molecule has 19 heavy (non-hydrogen) atoms. The molecule has 98 valence electrons. The Balaban J connectivity index is 2.35. The topological polar surface area (TPSA) is 59.2 Å². The quantitative estimate of drug-likeness (QED) is 0.858. The lowest BCUT2D eigenvalue weighted by Gasteiger charge is -2.22. The van der Waals surface area contributed by atoms with E-state index in [1.54, 1.807) is 23.2 Å². The van der Waals surface area contributed by atoms with Gasteiger partial charge in [0.05, 0.1) is 16.9 Å². The molecule has 4 heteroatoms. The maximum Gasteiger partial charge on any atom is 0.259 e. The van der Waals surface area contributed by atoms with E-state index in [4.69, 9.17) is 5.73 Å². The Morgan fingerprint density at radius 1 is 1.26 bits per heavy atom. The molecule has 2 N–H and O–H groups in total. The molecule has 4 nitrogen and oxygen atoms in total. The van der Waals surface area contributed by atoms with Crippen molar-refractivity contribution in [1.29, 1.82) is 0 Å². The van der Waals surface area contributed by atoms with Gasteiger partial charge in [0.25, 0.3) is 5.91 Å². The molecule has 1 aromatic heterocycles. The number of para-hydroxylation sites is 2. The molecule has 2 aromatic rings. The molecular weight excluding hydrogens is 238 g/mol. The van der Waals surface area contributed by atoms with E-state index in [9.17, 15) is 4.79 Å². The Bertz CT molecular complexity index is 578. The molecule has 0 fully saturated rings. The van der Waals surface area contributed by atoms with Crippen molar-refractivity contribution >= 4 is 17.3 Å². The predicted octanol–water partition coefficient (Wildman–Crippen LogP) is 2.64. The minimum atomic E-state index is -0.0899. The summed E-state index contributed by atoms with van der Waals surface area (Å²) in [6.07, 6.45) is 1.60. The Morgan fingerprint density at radius 2 is 2.00 bits per heavy atom. The van der Waals surface area contributed by atoms with Gasteiger partial charge in [0, 0.05) is 18.4 Å². The maximum atomic E-state index is 12.5. The molecule has 2 rings (SSSR count). The van der Waals surface area contributed by atoms with Crippen LogP contribution < -0.4 is 10.6 Å². The molecule has 1 heterocycles. The predicted molar refractivity (Wildman–Crippen MR) is 77.2 cm³/mol. The highest BCUT2D eigenvalue weighted by Gasteiger charge is 2.17. The van der Waals surface area contributed by atoms with E-state index in [1.165, 1.54) is 0 Å². The van der Waals surface area contributed by atoms with Gasteiger partial charge in [-0.1, -0.05) is 12.1 Å². The SMILES string of the molecule is CCN(C(=O)c1ccc(C)nc1)c1ccccc1N. The summed E-state index contributed by atoms with van der Waals surface area (Å²) in [5.41, 5.74) is 8.71. The van der Waals surface area contributed by atoms with Gasteiger partial charge in [-0.25, -0.2) is 0 Å². The van der Waals surface area contributed by atoms with Gasteiger partial charge in [0.15, 0.2) is 0 Å². The van der Waals surface area contributed by atoms with Crippen LogP contribution in [0.5, 0.6) is 0 Å². The number of rotatable bonds is 3. The van der Waals surface area contributed by atoms with E-state index in [0.29, 0.717) is 17.8 Å². The average Bonchev–Trinajstić information content (AvgIpc) is 2.42. The molecule has 0 atom stereocenters. The minimum absolute atomic E-state index is 0.0899. The zero-order valence-electron chi connectivity index (χ0n) is 11.1. The summed E-state index contributed by atoms with van der Waals surface area (Å²) >= 11 is 0. The lowest BCUT2D eigenvalue weighted by Crippen LogP contribution is -2.31. The monoisotopic (exact) mass is 255 g/mol. The summed E-state index contributed by atoms with van der Waals surface area (Å²) in [5.74, 6) is -0.0899. The Hall–Kier alpha value is -2.36. The molecular formula is C15H17N3O. The van der Waals surface area contributed by atoms with Crippen LogP contribution in [0.3, 0.4) is 0 Å². The second-order valence-corrected chi connectivity index (χ2v) is 4.30. The summed E-state index contributed by atoms with van der Waals surface area (Å²) in [4.78, 5) is 18.3. The number of hydrogen-bond acceptors (Lipinski definition) is 3. The summed E-state index contributed by atoms with van der Waals surface area (Å²) in [7, 11) is 0. The van der Waals surface area contributed by atoms with Crippen LogP contribution in [0.2, 0.25) is 0 Å². The zero-order chi connectivity index (χ0) is 13.8. The van der Waals surface area contributed by atoms with Gasteiger partial charge < -0.3 is 10.6 Å². The zero-order valence-corrected chi connectivity index (χ0v) is 11.1. The number of hydrogen-bond donors (Lipinski definition) is 1. The fourth-order valence-corrected chi connectivity index (χ4v) is 1.91. The molecule has 0 radical (unpaired) electrons. The molecule has 1 aromatic carbocycles. The number of amides is 1. The van der Waals surface area contributed by atoms with Gasteiger partial charge in [-0.2, -0.15) is 0 Å². The number of aryl methyl sites for hydroxylation is 1. The standard InChI is InChI=1S/C15H17N3O/c1-3-18(14-7-5-4-6-13(14)16)15(19)12-9-8-11(2)17-10-12/h4-10H,3,16H2,1-2H3. The van der Waals surface area contributed by atoms with E-state index < -0.39 is 0 Å². The van der Waals surface area contributed by atoms with Gasteiger partial charge in [0.2, 0.25) is 0 Å². The third-order valence-electron chi connectivity index (χ3n) is 2.95. The van der Waals surface area contributed by atoms with Gasteiger partial charge in [0.1, 0.15) is 0 Å². The number of carbonyl (C=O) groups is 1. The third-order valence-corrected chi connectivity index (χ3v) is 2.95. The number of nitrogens with zero attached hydrogens (tertiary/aromatic N) is 2. The first-order chi connectivity index (χ1) is 9.13. The van der Waals surface area contributed by atoms with Crippen molar-refractivity contribution in [2.75, 3.05) is 17.2 Å². The van der Waals surface area contributed by atoms with Gasteiger partial charge in [-0.05, 0) is 38.1 Å². The molecule has 0 unspecified atom stereocenters. The lowest BCUT2D eigenvalue weighted by atomic mass is 10.2. The molecule has 0 saturated carbocycles. The highest BCUT2D eigenvalue weighted by molar-refractivity contribution is 6.07. The normalized spacial score (nSPS) is 10.2. The van der Waals surface area contributed by atoms with Crippen LogP contribution >= 0.6 is 0 Å². The lowest BCUT2D eigenvalue weighted by molar-refractivity contribution is 0.0988. The summed E-state index contributed by atoms with van der Waals surface area (Å²) < 4.78 is 0. The van der Waals surface area contributed by atoms with Crippen molar-refractivity contribution < 1.29 is 4.79 Å². The van der Waals surface area contributed by atoms with E-state index in [0.717, 1.165) is 11.4 Å². The van der Waals surface area contributed by atoms with Crippen molar-refractivity contribution in [3.63, 3.8) is 0 Å². The first kappa shape index (κ1) is 13.1. The van der Waals surface area contributed by atoms with Crippen LogP contribution in [0.15, 0.2) is 42.6 Å². The molecule has 0 saturated heterocycles. The van der Waals surface area contributed by atoms with Crippen molar-refractivity contribution in [3.8, 4) is 0 Å². The number of benzene rings is 1. The van der Waals surface area contributed by atoms with Gasteiger partial charge in [-0.15, -0.1) is 0 Å². The Labute approximate surface area is 112 Å². The maximum absolute atomic E-state index is 12.5. The van der Waals surface area contributed by atoms with E-state index >= 15 is 0 Å². The Kier molecular flexibility index (Phi) is 3.80. The molecule has 0 bridgehead atoms. The highest BCUT2D eigenvalue weighted by Crippen LogP contribution is 2.23.